The van der Waals surface area contributed by atoms with Gasteiger partial charge in [0.15, 0.2) is 11.2 Å². The largest absolute Gasteiger partial charge is 0.471 e. The van der Waals surface area contributed by atoms with Gasteiger partial charge in [0, 0.05) is 25.2 Å². The molecule has 2 aromatic heterocycles. The third-order valence-corrected chi connectivity index (χ3v) is 5.07. The molecule has 3 aromatic rings. The first-order valence-electron chi connectivity index (χ1n) is 8.59. The summed E-state index contributed by atoms with van der Waals surface area (Å²) < 4.78 is 7.73. The number of anilines is 1. The van der Waals surface area contributed by atoms with Crippen LogP contribution in [-0.2, 0) is 6.61 Å². The lowest BCUT2D eigenvalue weighted by Gasteiger charge is -2.43. The van der Waals surface area contributed by atoms with Gasteiger partial charge < -0.3 is 25.3 Å². The van der Waals surface area contributed by atoms with Crippen LogP contribution in [0.1, 0.15) is 18.0 Å². The van der Waals surface area contributed by atoms with Crippen LogP contribution in [0.15, 0.2) is 36.7 Å². The number of ether oxygens (including phenoxy) is 1. The minimum absolute atomic E-state index is 0.00744. The van der Waals surface area contributed by atoms with Gasteiger partial charge in [0.25, 0.3) is 0 Å². The number of nitrogens with zero attached hydrogens (tertiary/aromatic N) is 4. The van der Waals surface area contributed by atoms with Gasteiger partial charge in [-0.2, -0.15) is 9.97 Å². The zero-order valence-corrected chi connectivity index (χ0v) is 14.2. The van der Waals surface area contributed by atoms with E-state index in [1.54, 1.807) is 6.33 Å². The SMILES string of the molecule is Nc1nc(OCc2ccccc2)c2ncn(C3C[C@H](CO)[C@H]3CO)c2n1. The third kappa shape index (κ3) is 2.87. The maximum absolute atomic E-state index is 9.62. The van der Waals surface area contributed by atoms with Crippen molar-refractivity contribution in [2.45, 2.75) is 19.1 Å². The first-order chi connectivity index (χ1) is 12.7. The van der Waals surface area contributed by atoms with Gasteiger partial charge in [-0.3, -0.25) is 0 Å². The Hall–Kier alpha value is -2.71. The van der Waals surface area contributed by atoms with E-state index in [1.807, 2.05) is 34.9 Å². The van der Waals surface area contributed by atoms with E-state index in [1.165, 1.54) is 0 Å². The van der Waals surface area contributed by atoms with E-state index < -0.39 is 0 Å². The maximum atomic E-state index is 9.62. The number of benzene rings is 1. The molecule has 0 spiro atoms. The average molecular weight is 355 g/mol. The molecular weight excluding hydrogens is 334 g/mol. The second kappa shape index (κ2) is 6.89. The molecule has 2 heterocycles. The molecular formula is C18H21N5O3. The molecule has 1 aliphatic rings. The minimum atomic E-state index is -0.0257. The Labute approximate surface area is 150 Å². The van der Waals surface area contributed by atoms with E-state index in [0.29, 0.717) is 23.7 Å². The summed E-state index contributed by atoms with van der Waals surface area (Å²) in [4.78, 5) is 12.9. The van der Waals surface area contributed by atoms with E-state index in [0.717, 1.165) is 12.0 Å². The Morgan fingerprint density at radius 2 is 1.96 bits per heavy atom. The average Bonchev–Trinajstić information content (AvgIpc) is 3.04. The highest BCUT2D eigenvalue weighted by atomic mass is 16.5. The molecule has 26 heavy (non-hydrogen) atoms. The van der Waals surface area contributed by atoms with Crippen LogP contribution >= 0.6 is 0 Å². The highest BCUT2D eigenvalue weighted by Gasteiger charge is 2.42. The number of imidazole rings is 1. The molecule has 1 fully saturated rings. The van der Waals surface area contributed by atoms with Gasteiger partial charge in [0.2, 0.25) is 11.8 Å². The summed E-state index contributed by atoms with van der Waals surface area (Å²) in [5.41, 5.74) is 8.01. The van der Waals surface area contributed by atoms with E-state index in [4.69, 9.17) is 10.5 Å². The molecule has 4 N–H and O–H groups in total. The van der Waals surface area contributed by atoms with Gasteiger partial charge in [-0.25, -0.2) is 4.98 Å². The zero-order valence-electron chi connectivity index (χ0n) is 14.2. The maximum Gasteiger partial charge on any atom is 0.247 e. The predicted octanol–water partition coefficient (Wildman–Crippen LogP) is 1.15. The van der Waals surface area contributed by atoms with Crippen LogP contribution in [0.2, 0.25) is 0 Å². The summed E-state index contributed by atoms with van der Waals surface area (Å²) in [6.45, 7) is 0.430. The van der Waals surface area contributed by atoms with Crippen molar-refractivity contribution in [2.24, 2.45) is 11.8 Å². The monoisotopic (exact) mass is 355 g/mol. The Morgan fingerprint density at radius 3 is 2.69 bits per heavy atom. The van der Waals surface area contributed by atoms with E-state index >= 15 is 0 Å². The molecule has 1 aliphatic carbocycles. The summed E-state index contributed by atoms with van der Waals surface area (Å²) >= 11 is 0. The molecule has 8 nitrogen and oxygen atoms in total. The van der Waals surface area contributed by atoms with Crippen LogP contribution in [0.25, 0.3) is 11.2 Å². The summed E-state index contributed by atoms with van der Waals surface area (Å²) in [7, 11) is 0. The van der Waals surface area contributed by atoms with Crippen molar-refractivity contribution >= 4 is 17.1 Å². The lowest BCUT2D eigenvalue weighted by Crippen LogP contribution is -2.42. The molecule has 0 radical (unpaired) electrons. The fraction of sp³-hybridized carbons (Fsp3) is 0.389. The summed E-state index contributed by atoms with van der Waals surface area (Å²) in [5, 5.41) is 19.0. The van der Waals surface area contributed by atoms with Gasteiger partial charge >= 0.3 is 0 Å². The Balaban J connectivity index is 1.63. The fourth-order valence-corrected chi connectivity index (χ4v) is 3.55. The topological polar surface area (TPSA) is 119 Å². The minimum Gasteiger partial charge on any atom is -0.471 e. The van der Waals surface area contributed by atoms with Crippen molar-refractivity contribution in [1.29, 1.82) is 0 Å². The molecule has 4 rings (SSSR count). The van der Waals surface area contributed by atoms with Crippen molar-refractivity contribution in [3.05, 3.63) is 42.2 Å². The van der Waals surface area contributed by atoms with E-state index in [2.05, 4.69) is 15.0 Å². The fourth-order valence-electron chi connectivity index (χ4n) is 3.55. The molecule has 0 saturated heterocycles. The molecule has 0 amide bonds. The number of nitrogens with two attached hydrogens (primary N) is 1. The van der Waals surface area contributed by atoms with Crippen LogP contribution in [0.3, 0.4) is 0 Å². The van der Waals surface area contributed by atoms with Crippen molar-refractivity contribution in [3.8, 4) is 5.88 Å². The molecule has 3 atom stereocenters. The number of aromatic nitrogens is 4. The number of hydrogen-bond donors (Lipinski definition) is 3. The Kier molecular flexibility index (Phi) is 4.44. The molecule has 1 aromatic carbocycles. The van der Waals surface area contributed by atoms with Crippen LogP contribution in [0, 0.1) is 11.8 Å². The number of hydrogen-bond acceptors (Lipinski definition) is 7. The smallest absolute Gasteiger partial charge is 0.247 e. The molecule has 136 valence electrons. The lowest BCUT2D eigenvalue weighted by atomic mass is 9.70. The van der Waals surface area contributed by atoms with Crippen LogP contribution in [0.4, 0.5) is 5.95 Å². The summed E-state index contributed by atoms with van der Waals surface area (Å²) in [5.74, 6) is 0.521. The number of aliphatic hydroxyl groups is 2. The second-order valence-corrected chi connectivity index (χ2v) is 6.58. The predicted molar refractivity (Wildman–Crippen MR) is 95.3 cm³/mol. The molecule has 1 saturated carbocycles. The Morgan fingerprint density at radius 1 is 1.15 bits per heavy atom. The highest BCUT2D eigenvalue weighted by molar-refractivity contribution is 5.77. The molecule has 0 aliphatic heterocycles. The van der Waals surface area contributed by atoms with E-state index in [9.17, 15) is 10.2 Å². The van der Waals surface area contributed by atoms with Gasteiger partial charge in [0.1, 0.15) is 6.61 Å². The van der Waals surface area contributed by atoms with Crippen molar-refractivity contribution in [3.63, 3.8) is 0 Å². The van der Waals surface area contributed by atoms with Gasteiger partial charge in [-0.1, -0.05) is 30.3 Å². The van der Waals surface area contributed by atoms with Crippen LogP contribution in [0.5, 0.6) is 5.88 Å². The van der Waals surface area contributed by atoms with Crippen LogP contribution in [-0.4, -0.2) is 42.9 Å². The van der Waals surface area contributed by atoms with Crippen molar-refractivity contribution in [2.75, 3.05) is 18.9 Å². The van der Waals surface area contributed by atoms with Crippen molar-refractivity contribution in [1.82, 2.24) is 19.5 Å². The quantitative estimate of drug-likeness (QED) is 0.607. The van der Waals surface area contributed by atoms with Gasteiger partial charge in [-0.05, 0) is 17.9 Å². The standard InChI is InChI=1S/C18H21N5O3/c19-18-21-16-15(17(22-18)26-9-11-4-2-1-3-5-11)20-10-23(16)14-6-12(7-24)13(14)8-25/h1-5,10,12-14,24-25H,6-9H2,(H2,19,21,22)/t12-,13-,14?/m1/s1. The third-order valence-electron chi connectivity index (χ3n) is 5.07. The molecule has 0 bridgehead atoms. The highest BCUT2D eigenvalue weighted by Crippen LogP contribution is 2.44. The molecule has 1 unspecified atom stereocenters. The van der Waals surface area contributed by atoms with E-state index in [-0.39, 0.29) is 37.0 Å². The summed E-state index contributed by atoms with van der Waals surface area (Å²) in [6, 6.07) is 9.80. The van der Waals surface area contributed by atoms with Crippen molar-refractivity contribution < 1.29 is 14.9 Å². The van der Waals surface area contributed by atoms with Crippen LogP contribution < -0.4 is 10.5 Å². The summed E-state index contributed by atoms with van der Waals surface area (Å²) in [6.07, 6.45) is 2.44. The molecule has 8 heteroatoms. The number of rotatable bonds is 6. The number of fused-ring (bicyclic) bond motifs is 1. The number of aliphatic hydroxyl groups excluding tert-OH is 2. The number of nitrogen functional groups attached to an aromatic ring is 1. The lowest BCUT2D eigenvalue weighted by molar-refractivity contribution is -0.00528. The van der Waals surface area contributed by atoms with Gasteiger partial charge in [-0.15, -0.1) is 0 Å². The zero-order chi connectivity index (χ0) is 18.1. The Bertz CT molecular complexity index is 898. The second-order valence-electron chi connectivity index (χ2n) is 6.58. The first kappa shape index (κ1) is 16.7. The normalized spacial score (nSPS) is 22.3. The first-order valence-corrected chi connectivity index (χ1v) is 8.59. The van der Waals surface area contributed by atoms with Gasteiger partial charge in [0.05, 0.1) is 6.33 Å².